The largest absolute Gasteiger partial charge is 0.353 e. The van der Waals surface area contributed by atoms with E-state index in [-0.39, 0.29) is 17.7 Å². The van der Waals surface area contributed by atoms with E-state index in [1.165, 1.54) is 12.8 Å². The number of rotatable bonds is 8. The van der Waals surface area contributed by atoms with Gasteiger partial charge in [-0.05, 0) is 56.3 Å². The van der Waals surface area contributed by atoms with Gasteiger partial charge in [0, 0.05) is 31.0 Å². The molecule has 2 rings (SSSR count). The van der Waals surface area contributed by atoms with Gasteiger partial charge >= 0.3 is 0 Å². The molecule has 0 aromatic heterocycles. The summed E-state index contributed by atoms with van der Waals surface area (Å²) in [5, 5.41) is 3.25. The zero-order valence-electron chi connectivity index (χ0n) is 17.0. The van der Waals surface area contributed by atoms with E-state index in [0.717, 1.165) is 25.7 Å². The van der Waals surface area contributed by atoms with Gasteiger partial charge in [0.1, 0.15) is 0 Å². The molecule has 0 saturated heterocycles. The SMILES string of the molecule is CC(C)C(C)C(=O)NC1CCC1CC(C)C(C)C(=O)N(C)C1CCC1. The molecule has 5 atom stereocenters. The first kappa shape index (κ1) is 20.3. The van der Waals surface area contributed by atoms with Crippen LogP contribution in [0.25, 0.3) is 0 Å². The van der Waals surface area contributed by atoms with Crippen molar-refractivity contribution in [3.63, 3.8) is 0 Å². The molecule has 0 aliphatic heterocycles. The molecule has 25 heavy (non-hydrogen) atoms. The molecule has 2 fully saturated rings. The van der Waals surface area contributed by atoms with Gasteiger partial charge in [-0.1, -0.05) is 34.6 Å². The second-order valence-electron chi connectivity index (χ2n) is 9.02. The molecule has 2 aliphatic carbocycles. The molecule has 0 spiro atoms. The van der Waals surface area contributed by atoms with Crippen molar-refractivity contribution in [1.29, 1.82) is 0 Å². The zero-order valence-corrected chi connectivity index (χ0v) is 17.0. The van der Waals surface area contributed by atoms with E-state index in [2.05, 4.69) is 33.0 Å². The topological polar surface area (TPSA) is 49.4 Å². The molecule has 0 radical (unpaired) electrons. The Kier molecular flexibility index (Phi) is 6.93. The lowest BCUT2D eigenvalue weighted by molar-refractivity contribution is -0.139. The number of nitrogens with zero attached hydrogens (tertiary/aromatic N) is 1. The maximum Gasteiger partial charge on any atom is 0.225 e. The normalized spacial score (nSPS) is 27.0. The van der Waals surface area contributed by atoms with E-state index < -0.39 is 0 Å². The van der Waals surface area contributed by atoms with Gasteiger partial charge in [-0.15, -0.1) is 0 Å². The van der Waals surface area contributed by atoms with Gasteiger partial charge in [0.15, 0.2) is 0 Å². The highest BCUT2D eigenvalue weighted by Gasteiger charge is 2.37. The summed E-state index contributed by atoms with van der Waals surface area (Å²) >= 11 is 0. The van der Waals surface area contributed by atoms with Crippen LogP contribution in [0.1, 0.15) is 73.1 Å². The van der Waals surface area contributed by atoms with Gasteiger partial charge in [-0.25, -0.2) is 0 Å². The minimum absolute atomic E-state index is 0.0651. The highest BCUT2D eigenvalue weighted by Crippen LogP contribution is 2.36. The highest BCUT2D eigenvalue weighted by atomic mass is 16.2. The van der Waals surface area contributed by atoms with Gasteiger partial charge in [-0.3, -0.25) is 9.59 Å². The van der Waals surface area contributed by atoms with Gasteiger partial charge < -0.3 is 10.2 Å². The van der Waals surface area contributed by atoms with Crippen molar-refractivity contribution in [2.24, 2.45) is 29.6 Å². The van der Waals surface area contributed by atoms with Crippen LogP contribution in [-0.2, 0) is 9.59 Å². The van der Waals surface area contributed by atoms with E-state index in [1.54, 1.807) is 0 Å². The average molecular weight is 351 g/mol. The molecular weight excluding hydrogens is 312 g/mol. The Bertz CT molecular complexity index is 473. The van der Waals surface area contributed by atoms with Crippen molar-refractivity contribution in [3.8, 4) is 0 Å². The number of hydrogen-bond donors (Lipinski definition) is 1. The van der Waals surface area contributed by atoms with Crippen molar-refractivity contribution in [1.82, 2.24) is 10.2 Å². The Morgan fingerprint density at radius 1 is 1.00 bits per heavy atom. The fourth-order valence-electron chi connectivity index (χ4n) is 3.86. The summed E-state index contributed by atoms with van der Waals surface area (Å²) in [4.78, 5) is 27.0. The van der Waals surface area contributed by atoms with Crippen molar-refractivity contribution in [2.45, 2.75) is 85.2 Å². The maximum absolute atomic E-state index is 12.7. The zero-order chi connectivity index (χ0) is 18.7. The summed E-state index contributed by atoms with van der Waals surface area (Å²) in [6.45, 7) is 10.5. The highest BCUT2D eigenvalue weighted by molar-refractivity contribution is 5.79. The minimum Gasteiger partial charge on any atom is -0.353 e. The number of amides is 2. The standard InChI is InChI=1S/C21H38N2O2/c1-13(2)15(4)20(24)22-19-11-10-17(19)12-14(3)16(5)21(25)23(6)18-8-7-9-18/h13-19H,7-12H2,1-6H3,(H,22,24). The molecule has 0 aromatic rings. The van der Waals surface area contributed by atoms with E-state index in [9.17, 15) is 9.59 Å². The Morgan fingerprint density at radius 3 is 2.08 bits per heavy atom. The van der Waals surface area contributed by atoms with Crippen LogP contribution in [0.3, 0.4) is 0 Å². The second-order valence-corrected chi connectivity index (χ2v) is 9.02. The van der Waals surface area contributed by atoms with Crippen molar-refractivity contribution in [3.05, 3.63) is 0 Å². The maximum atomic E-state index is 12.7. The first-order chi connectivity index (χ1) is 11.7. The van der Waals surface area contributed by atoms with Crippen molar-refractivity contribution < 1.29 is 9.59 Å². The Labute approximate surface area is 154 Å². The van der Waals surface area contributed by atoms with E-state index >= 15 is 0 Å². The Balaban J connectivity index is 1.80. The monoisotopic (exact) mass is 350 g/mol. The lowest BCUT2D eigenvalue weighted by Gasteiger charge is -2.41. The van der Waals surface area contributed by atoms with Gasteiger partial charge in [0.2, 0.25) is 11.8 Å². The third-order valence-corrected chi connectivity index (χ3v) is 7.05. The Hall–Kier alpha value is -1.06. The van der Waals surface area contributed by atoms with Crippen LogP contribution in [0.4, 0.5) is 0 Å². The van der Waals surface area contributed by atoms with Gasteiger partial charge in [0.25, 0.3) is 0 Å². The quantitative estimate of drug-likeness (QED) is 0.723. The molecule has 4 nitrogen and oxygen atoms in total. The van der Waals surface area contributed by atoms with Crippen molar-refractivity contribution in [2.75, 3.05) is 7.05 Å². The van der Waals surface area contributed by atoms with E-state index in [0.29, 0.717) is 35.7 Å². The average Bonchev–Trinajstić information content (AvgIpc) is 2.51. The fraction of sp³-hybridized carbons (Fsp3) is 0.905. The smallest absolute Gasteiger partial charge is 0.225 e. The number of carbonyl (C=O) groups is 2. The number of carbonyl (C=O) groups excluding carboxylic acids is 2. The molecule has 144 valence electrons. The third kappa shape index (κ3) is 4.77. The van der Waals surface area contributed by atoms with Crippen molar-refractivity contribution >= 4 is 11.8 Å². The Morgan fingerprint density at radius 2 is 1.64 bits per heavy atom. The lowest BCUT2D eigenvalue weighted by atomic mass is 9.72. The van der Waals surface area contributed by atoms with E-state index in [1.807, 2.05) is 18.9 Å². The van der Waals surface area contributed by atoms with Crippen LogP contribution in [0.2, 0.25) is 0 Å². The first-order valence-corrected chi connectivity index (χ1v) is 10.3. The van der Waals surface area contributed by atoms with Crippen LogP contribution in [0, 0.1) is 29.6 Å². The molecule has 2 aliphatic rings. The molecule has 0 aromatic carbocycles. The molecule has 2 amide bonds. The number of hydrogen-bond acceptors (Lipinski definition) is 2. The molecule has 2 saturated carbocycles. The van der Waals surface area contributed by atoms with Crippen LogP contribution in [-0.4, -0.2) is 35.8 Å². The van der Waals surface area contributed by atoms with Crippen LogP contribution in [0.5, 0.6) is 0 Å². The second kappa shape index (κ2) is 8.55. The van der Waals surface area contributed by atoms with Gasteiger partial charge in [0.05, 0.1) is 0 Å². The predicted molar refractivity (Wildman–Crippen MR) is 102 cm³/mol. The van der Waals surface area contributed by atoms with E-state index in [4.69, 9.17) is 0 Å². The molecule has 4 heteroatoms. The lowest BCUT2D eigenvalue weighted by Crippen LogP contribution is -2.50. The molecular formula is C21H38N2O2. The minimum atomic E-state index is 0.0651. The summed E-state index contributed by atoms with van der Waals surface area (Å²) in [6.07, 6.45) is 6.86. The van der Waals surface area contributed by atoms with Gasteiger partial charge in [-0.2, -0.15) is 0 Å². The summed E-state index contributed by atoms with van der Waals surface area (Å²) in [6, 6.07) is 0.776. The fourth-order valence-corrected chi connectivity index (χ4v) is 3.86. The summed E-state index contributed by atoms with van der Waals surface area (Å²) < 4.78 is 0. The summed E-state index contributed by atoms with van der Waals surface area (Å²) in [5.41, 5.74) is 0. The van der Waals surface area contributed by atoms with Crippen LogP contribution in [0.15, 0.2) is 0 Å². The molecule has 0 heterocycles. The first-order valence-electron chi connectivity index (χ1n) is 10.3. The molecule has 5 unspecified atom stereocenters. The van der Waals surface area contributed by atoms with Crippen LogP contribution < -0.4 is 5.32 Å². The summed E-state index contributed by atoms with van der Waals surface area (Å²) in [5.74, 6) is 1.88. The third-order valence-electron chi connectivity index (χ3n) is 7.05. The van der Waals surface area contributed by atoms with Crippen LogP contribution >= 0.6 is 0 Å². The predicted octanol–water partition coefficient (Wildman–Crippen LogP) is 3.85. The number of nitrogens with one attached hydrogen (secondary N) is 1. The molecule has 1 N–H and O–H groups in total. The summed E-state index contributed by atoms with van der Waals surface area (Å²) in [7, 11) is 1.97. The molecule has 0 bridgehead atoms.